The second-order valence-corrected chi connectivity index (χ2v) is 4.02. The van der Waals surface area contributed by atoms with Gasteiger partial charge in [-0.05, 0) is 18.2 Å². The van der Waals surface area contributed by atoms with Gasteiger partial charge in [-0.15, -0.1) is 0 Å². The number of hydrogen-bond donors (Lipinski definition) is 3. The highest BCUT2D eigenvalue weighted by Gasteiger charge is 2.30. The maximum Gasteiger partial charge on any atom is 0.416 e. The molecule has 0 fully saturated rings. The molecule has 1 aromatic heterocycles. The number of nitrogens with one attached hydrogen (secondary N) is 3. The van der Waals surface area contributed by atoms with Gasteiger partial charge in [0.05, 0.1) is 5.56 Å². The highest BCUT2D eigenvalue weighted by Crippen LogP contribution is 2.30. The Bertz CT molecular complexity index is 792. The summed E-state index contributed by atoms with van der Waals surface area (Å²) in [5, 5.41) is 2.15. The topological polar surface area (TPSA) is 94.8 Å². The molecule has 0 aliphatic rings. The van der Waals surface area contributed by atoms with Gasteiger partial charge in [0.25, 0.3) is 11.5 Å². The summed E-state index contributed by atoms with van der Waals surface area (Å²) >= 11 is 0. The summed E-state index contributed by atoms with van der Waals surface area (Å²) in [6.07, 6.45) is -3.67. The van der Waals surface area contributed by atoms with E-state index in [1.54, 1.807) is 0 Å². The molecule has 0 bridgehead atoms. The largest absolute Gasteiger partial charge is 0.416 e. The van der Waals surface area contributed by atoms with Crippen molar-refractivity contribution in [3.05, 3.63) is 62.4 Å². The average molecular weight is 299 g/mol. The fourth-order valence-corrected chi connectivity index (χ4v) is 1.55. The molecule has 1 amide bonds. The van der Waals surface area contributed by atoms with Crippen molar-refractivity contribution in [2.45, 2.75) is 6.18 Å². The van der Waals surface area contributed by atoms with Crippen molar-refractivity contribution >= 4 is 11.6 Å². The molecule has 9 heteroatoms. The van der Waals surface area contributed by atoms with Crippen LogP contribution in [-0.4, -0.2) is 15.9 Å². The molecule has 0 aliphatic heterocycles. The van der Waals surface area contributed by atoms with E-state index in [4.69, 9.17) is 0 Å². The number of alkyl halides is 3. The molecular weight excluding hydrogens is 291 g/mol. The normalized spacial score (nSPS) is 11.2. The third-order valence-corrected chi connectivity index (χ3v) is 2.51. The van der Waals surface area contributed by atoms with Gasteiger partial charge in [0.2, 0.25) is 0 Å². The summed E-state index contributed by atoms with van der Waals surface area (Å²) in [6.45, 7) is 0. The molecule has 21 heavy (non-hydrogen) atoms. The van der Waals surface area contributed by atoms with Crippen molar-refractivity contribution in [2.24, 2.45) is 0 Å². The molecule has 0 unspecified atom stereocenters. The van der Waals surface area contributed by atoms with Crippen LogP contribution in [0.5, 0.6) is 0 Å². The Labute approximate surface area is 114 Å². The molecule has 1 heterocycles. The van der Waals surface area contributed by atoms with E-state index in [1.165, 1.54) is 6.07 Å². The van der Waals surface area contributed by atoms with Crippen molar-refractivity contribution in [1.82, 2.24) is 9.97 Å². The van der Waals surface area contributed by atoms with Crippen molar-refractivity contribution in [1.29, 1.82) is 0 Å². The molecular formula is C12H8F3N3O3. The number of carbonyl (C=O) groups is 1. The molecule has 6 nitrogen and oxygen atoms in total. The summed E-state index contributed by atoms with van der Waals surface area (Å²) in [6, 6.07) is 3.95. The summed E-state index contributed by atoms with van der Waals surface area (Å²) in [4.78, 5) is 37.9. The van der Waals surface area contributed by atoms with Gasteiger partial charge in [0, 0.05) is 11.9 Å². The number of hydrogen-bond acceptors (Lipinski definition) is 3. The molecule has 0 radical (unpaired) electrons. The molecule has 0 saturated heterocycles. The lowest BCUT2D eigenvalue weighted by molar-refractivity contribution is -0.137. The Kier molecular flexibility index (Phi) is 3.66. The lowest BCUT2D eigenvalue weighted by Gasteiger charge is -2.09. The van der Waals surface area contributed by atoms with Gasteiger partial charge in [-0.2, -0.15) is 13.2 Å². The van der Waals surface area contributed by atoms with Crippen molar-refractivity contribution in [3.63, 3.8) is 0 Å². The van der Waals surface area contributed by atoms with Gasteiger partial charge in [-0.25, -0.2) is 4.79 Å². The van der Waals surface area contributed by atoms with E-state index in [-0.39, 0.29) is 5.69 Å². The lowest BCUT2D eigenvalue weighted by Crippen LogP contribution is -2.29. The van der Waals surface area contributed by atoms with Crippen LogP contribution in [0, 0.1) is 0 Å². The molecule has 0 atom stereocenters. The molecule has 0 saturated carbocycles. The smallest absolute Gasteiger partial charge is 0.322 e. The maximum absolute atomic E-state index is 12.5. The van der Waals surface area contributed by atoms with Crippen molar-refractivity contribution in [2.75, 3.05) is 5.32 Å². The van der Waals surface area contributed by atoms with Gasteiger partial charge in [0.1, 0.15) is 5.56 Å². The molecule has 0 aliphatic carbocycles. The van der Waals surface area contributed by atoms with Crippen LogP contribution >= 0.6 is 0 Å². The van der Waals surface area contributed by atoms with Crippen LogP contribution in [0.1, 0.15) is 15.9 Å². The van der Waals surface area contributed by atoms with Crippen LogP contribution in [-0.2, 0) is 6.18 Å². The van der Waals surface area contributed by atoms with E-state index in [1.807, 2.05) is 4.98 Å². The van der Waals surface area contributed by atoms with Gasteiger partial charge < -0.3 is 10.3 Å². The Morgan fingerprint density at radius 2 is 1.90 bits per heavy atom. The van der Waals surface area contributed by atoms with Crippen molar-refractivity contribution < 1.29 is 18.0 Å². The van der Waals surface area contributed by atoms with E-state index < -0.39 is 34.5 Å². The first kappa shape index (κ1) is 14.6. The fraction of sp³-hybridized carbons (Fsp3) is 0.0833. The van der Waals surface area contributed by atoms with E-state index >= 15 is 0 Å². The monoisotopic (exact) mass is 299 g/mol. The number of aromatic amines is 2. The predicted molar refractivity (Wildman–Crippen MR) is 67.1 cm³/mol. The molecule has 1 aromatic carbocycles. The van der Waals surface area contributed by atoms with Crippen LogP contribution in [0.25, 0.3) is 0 Å². The minimum atomic E-state index is -4.55. The zero-order valence-corrected chi connectivity index (χ0v) is 10.2. The van der Waals surface area contributed by atoms with Gasteiger partial charge in [-0.3, -0.25) is 14.6 Å². The van der Waals surface area contributed by atoms with Crippen LogP contribution in [0.2, 0.25) is 0 Å². The Morgan fingerprint density at radius 1 is 1.19 bits per heavy atom. The van der Waals surface area contributed by atoms with E-state index in [0.29, 0.717) is 0 Å². The zero-order valence-electron chi connectivity index (χ0n) is 10.2. The first-order valence-electron chi connectivity index (χ1n) is 5.58. The summed E-state index contributed by atoms with van der Waals surface area (Å²) in [7, 11) is 0. The first-order valence-corrected chi connectivity index (χ1v) is 5.58. The summed E-state index contributed by atoms with van der Waals surface area (Å²) in [5.74, 6) is -0.938. The van der Waals surface area contributed by atoms with Gasteiger partial charge in [0.15, 0.2) is 0 Å². The van der Waals surface area contributed by atoms with Crippen molar-refractivity contribution in [3.8, 4) is 0 Å². The highest BCUT2D eigenvalue weighted by atomic mass is 19.4. The van der Waals surface area contributed by atoms with Gasteiger partial charge >= 0.3 is 11.9 Å². The standard InChI is InChI=1S/C12H8F3N3O3/c13-12(14,15)6-2-1-3-7(4-6)17-9(19)8-5-16-11(21)18-10(8)20/h1-5H,(H,17,19)(H2,16,18,20,21). The molecule has 110 valence electrons. The number of carbonyl (C=O) groups excluding carboxylic acids is 1. The van der Waals surface area contributed by atoms with Gasteiger partial charge in [-0.1, -0.05) is 6.07 Å². The summed E-state index contributed by atoms with van der Waals surface area (Å²) in [5.41, 5.74) is -3.22. The Hall–Kier alpha value is -2.84. The first-order chi connectivity index (χ1) is 9.77. The second-order valence-electron chi connectivity index (χ2n) is 4.02. The number of H-pyrrole nitrogens is 2. The number of amides is 1. The Morgan fingerprint density at radius 3 is 2.52 bits per heavy atom. The summed E-state index contributed by atoms with van der Waals surface area (Å²) < 4.78 is 37.6. The highest BCUT2D eigenvalue weighted by molar-refractivity contribution is 6.03. The zero-order chi connectivity index (χ0) is 15.6. The van der Waals surface area contributed by atoms with E-state index in [0.717, 1.165) is 24.4 Å². The van der Waals surface area contributed by atoms with Crippen LogP contribution in [0.15, 0.2) is 40.1 Å². The fourth-order valence-electron chi connectivity index (χ4n) is 1.55. The van der Waals surface area contributed by atoms with Crippen LogP contribution in [0.3, 0.4) is 0 Å². The minimum Gasteiger partial charge on any atom is -0.322 e. The molecule has 2 aromatic rings. The molecule has 3 N–H and O–H groups in total. The number of benzene rings is 1. The predicted octanol–water partition coefficient (Wildman–Crippen LogP) is 1.33. The average Bonchev–Trinajstić information content (AvgIpc) is 2.37. The number of anilines is 1. The lowest BCUT2D eigenvalue weighted by atomic mass is 10.2. The van der Waals surface area contributed by atoms with E-state index in [9.17, 15) is 27.6 Å². The third-order valence-electron chi connectivity index (χ3n) is 2.51. The second kappa shape index (κ2) is 5.27. The minimum absolute atomic E-state index is 0.125. The number of rotatable bonds is 2. The Balaban J connectivity index is 2.28. The quantitative estimate of drug-likeness (QED) is 0.780. The SMILES string of the molecule is O=C(Nc1cccc(C(F)(F)F)c1)c1c[nH]c(=O)[nH]c1=O. The molecule has 0 spiro atoms. The third kappa shape index (κ3) is 3.38. The molecule has 2 rings (SSSR count). The maximum atomic E-state index is 12.5. The van der Waals surface area contributed by atoms with Crippen LogP contribution in [0.4, 0.5) is 18.9 Å². The number of halogens is 3. The van der Waals surface area contributed by atoms with Crippen LogP contribution < -0.4 is 16.6 Å². The van der Waals surface area contributed by atoms with E-state index in [2.05, 4.69) is 10.3 Å². The number of aromatic nitrogens is 2.